The fourth-order valence-electron chi connectivity index (χ4n) is 2.40. The highest BCUT2D eigenvalue weighted by Gasteiger charge is 2.32. The third-order valence-electron chi connectivity index (χ3n) is 3.33. The van der Waals surface area contributed by atoms with Crippen molar-refractivity contribution in [2.24, 2.45) is 5.92 Å². The molecule has 1 N–H and O–H groups in total. The van der Waals surface area contributed by atoms with Crippen LogP contribution in [0.4, 0.5) is 0 Å². The summed E-state index contributed by atoms with van der Waals surface area (Å²) in [5, 5.41) is 8.84. The van der Waals surface area contributed by atoms with Crippen LogP contribution in [-0.4, -0.2) is 67.0 Å². The summed E-state index contributed by atoms with van der Waals surface area (Å²) < 4.78 is 24.4. The number of amides is 1. The lowest BCUT2D eigenvalue weighted by molar-refractivity contribution is -0.146. The highest BCUT2D eigenvalue weighted by molar-refractivity contribution is 7.88. The lowest BCUT2D eigenvalue weighted by atomic mass is 9.98. The smallest absolute Gasteiger partial charge is 0.323 e. The predicted molar refractivity (Wildman–Crippen MR) is 73.6 cm³/mol. The molecule has 0 aliphatic carbocycles. The van der Waals surface area contributed by atoms with Crippen molar-refractivity contribution in [1.29, 1.82) is 0 Å². The Labute approximate surface area is 119 Å². The highest BCUT2D eigenvalue weighted by atomic mass is 32.2. The van der Waals surface area contributed by atoms with E-state index in [1.807, 2.05) is 6.92 Å². The molecule has 1 amide bonds. The van der Waals surface area contributed by atoms with Crippen LogP contribution in [-0.2, 0) is 19.6 Å². The Bertz CT molecular complexity index is 462. The lowest BCUT2D eigenvalue weighted by Crippen LogP contribution is -2.47. The first-order valence-electron chi connectivity index (χ1n) is 6.71. The Morgan fingerprint density at radius 2 is 2.05 bits per heavy atom. The molecule has 1 fully saturated rings. The van der Waals surface area contributed by atoms with Gasteiger partial charge in [-0.15, -0.1) is 0 Å². The van der Waals surface area contributed by atoms with E-state index in [-0.39, 0.29) is 19.0 Å². The number of piperidine rings is 1. The van der Waals surface area contributed by atoms with Crippen LogP contribution in [0.3, 0.4) is 0 Å². The maximum Gasteiger partial charge on any atom is 0.323 e. The summed E-state index contributed by atoms with van der Waals surface area (Å²) in [7, 11) is -3.31. The molecule has 1 aliphatic rings. The molecule has 1 rings (SSSR count). The lowest BCUT2D eigenvalue weighted by Gasteiger charge is -2.33. The molecule has 0 bridgehead atoms. The average molecular weight is 306 g/mol. The zero-order valence-corrected chi connectivity index (χ0v) is 12.7. The third-order valence-corrected chi connectivity index (χ3v) is 4.60. The van der Waals surface area contributed by atoms with Crippen LogP contribution in [0, 0.1) is 5.92 Å². The number of carboxylic acids is 1. The molecule has 8 heteroatoms. The molecule has 1 aliphatic heterocycles. The summed E-state index contributed by atoms with van der Waals surface area (Å²) in [6.07, 6.45) is 3.02. The van der Waals surface area contributed by atoms with Crippen molar-refractivity contribution in [3.8, 4) is 0 Å². The van der Waals surface area contributed by atoms with Crippen LogP contribution >= 0.6 is 0 Å². The predicted octanol–water partition coefficient (Wildman–Crippen LogP) is -0.0188. The quantitative estimate of drug-likeness (QED) is 0.744. The second-order valence-corrected chi connectivity index (χ2v) is 7.10. The van der Waals surface area contributed by atoms with Gasteiger partial charge in [0.2, 0.25) is 15.9 Å². The van der Waals surface area contributed by atoms with E-state index in [4.69, 9.17) is 5.11 Å². The van der Waals surface area contributed by atoms with Gasteiger partial charge < -0.3 is 10.0 Å². The Hall–Kier alpha value is -1.15. The maximum absolute atomic E-state index is 12.3. The topological polar surface area (TPSA) is 95.0 Å². The van der Waals surface area contributed by atoms with Crippen molar-refractivity contribution in [2.75, 3.05) is 32.4 Å². The van der Waals surface area contributed by atoms with Crippen molar-refractivity contribution in [2.45, 2.75) is 26.2 Å². The van der Waals surface area contributed by atoms with E-state index in [2.05, 4.69) is 0 Å². The minimum Gasteiger partial charge on any atom is -0.480 e. The van der Waals surface area contributed by atoms with Crippen LogP contribution in [0.1, 0.15) is 26.2 Å². The zero-order chi connectivity index (χ0) is 15.3. The highest BCUT2D eigenvalue weighted by Crippen LogP contribution is 2.20. The van der Waals surface area contributed by atoms with Gasteiger partial charge in [-0.2, -0.15) is 0 Å². The SMILES string of the molecule is CCCN(CC(=O)O)C(=O)C1CCCN(S(C)(=O)=O)C1. The maximum atomic E-state index is 12.3. The van der Waals surface area contributed by atoms with E-state index in [9.17, 15) is 18.0 Å². The number of carbonyl (C=O) groups excluding carboxylic acids is 1. The van der Waals surface area contributed by atoms with Gasteiger partial charge in [-0.05, 0) is 19.3 Å². The summed E-state index contributed by atoms with van der Waals surface area (Å²) in [6.45, 7) is 2.49. The first-order valence-corrected chi connectivity index (χ1v) is 8.56. The molecular formula is C12H22N2O5S. The molecule has 1 heterocycles. The van der Waals surface area contributed by atoms with Crippen LogP contribution in [0.25, 0.3) is 0 Å². The Morgan fingerprint density at radius 3 is 2.55 bits per heavy atom. The fourth-order valence-corrected chi connectivity index (χ4v) is 3.32. The standard InChI is InChI=1S/C12H22N2O5S/c1-3-6-13(9-11(15)16)12(17)10-5-4-7-14(8-10)20(2,18)19/h10H,3-9H2,1-2H3,(H,15,16). The number of rotatable bonds is 6. The number of carboxylic acid groups (broad SMARTS) is 1. The van der Waals surface area contributed by atoms with Crippen molar-refractivity contribution >= 4 is 21.9 Å². The molecule has 1 unspecified atom stereocenters. The number of sulfonamides is 1. The van der Waals surface area contributed by atoms with Crippen molar-refractivity contribution in [1.82, 2.24) is 9.21 Å². The first kappa shape index (κ1) is 16.9. The normalized spacial score (nSPS) is 20.6. The molecule has 0 aromatic carbocycles. The molecular weight excluding hydrogens is 284 g/mol. The number of hydrogen-bond donors (Lipinski definition) is 1. The third kappa shape index (κ3) is 4.75. The zero-order valence-electron chi connectivity index (χ0n) is 11.9. The molecule has 20 heavy (non-hydrogen) atoms. The molecule has 7 nitrogen and oxygen atoms in total. The van der Waals surface area contributed by atoms with E-state index in [0.717, 1.165) is 6.26 Å². The summed E-state index contributed by atoms with van der Waals surface area (Å²) in [5.74, 6) is -1.76. The summed E-state index contributed by atoms with van der Waals surface area (Å²) in [4.78, 5) is 24.4. The molecule has 1 atom stereocenters. The molecule has 1 saturated heterocycles. The number of carbonyl (C=O) groups is 2. The van der Waals surface area contributed by atoms with Gasteiger partial charge in [-0.25, -0.2) is 12.7 Å². The molecule has 0 radical (unpaired) electrons. The van der Waals surface area contributed by atoms with Gasteiger partial charge >= 0.3 is 5.97 Å². The number of hydrogen-bond acceptors (Lipinski definition) is 4. The monoisotopic (exact) mass is 306 g/mol. The summed E-state index contributed by atoms with van der Waals surface area (Å²) in [5.41, 5.74) is 0. The van der Waals surface area contributed by atoms with Crippen LogP contribution in [0.5, 0.6) is 0 Å². The van der Waals surface area contributed by atoms with Gasteiger partial charge in [-0.3, -0.25) is 9.59 Å². The summed E-state index contributed by atoms with van der Waals surface area (Å²) in [6, 6.07) is 0. The molecule has 116 valence electrons. The van der Waals surface area contributed by atoms with Crippen molar-refractivity contribution < 1.29 is 23.1 Å². The van der Waals surface area contributed by atoms with Crippen molar-refractivity contribution in [3.63, 3.8) is 0 Å². The molecule has 0 spiro atoms. The molecule has 0 saturated carbocycles. The van der Waals surface area contributed by atoms with E-state index in [1.165, 1.54) is 9.21 Å². The Kier molecular flexibility index (Phi) is 5.94. The number of nitrogens with zero attached hydrogens (tertiary/aromatic N) is 2. The van der Waals surface area contributed by atoms with Crippen LogP contribution in [0.15, 0.2) is 0 Å². The van der Waals surface area contributed by atoms with Gasteiger partial charge in [-0.1, -0.05) is 6.92 Å². The second kappa shape index (κ2) is 7.03. The van der Waals surface area contributed by atoms with E-state index >= 15 is 0 Å². The molecule has 0 aromatic rings. The van der Waals surface area contributed by atoms with Crippen LogP contribution < -0.4 is 0 Å². The van der Waals surface area contributed by atoms with Gasteiger partial charge in [0.15, 0.2) is 0 Å². The average Bonchev–Trinajstić information content (AvgIpc) is 2.36. The molecule has 0 aromatic heterocycles. The van der Waals surface area contributed by atoms with Gasteiger partial charge in [0.05, 0.1) is 12.2 Å². The fraction of sp³-hybridized carbons (Fsp3) is 0.833. The minimum atomic E-state index is -3.31. The van der Waals surface area contributed by atoms with E-state index in [1.54, 1.807) is 0 Å². The largest absolute Gasteiger partial charge is 0.480 e. The second-order valence-electron chi connectivity index (χ2n) is 5.11. The van der Waals surface area contributed by atoms with Crippen LogP contribution in [0.2, 0.25) is 0 Å². The minimum absolute atomic E-state index is 0.150. The van der Waals surface area contributed by atoms with Gasteiger partial charge in [0, 0.05) is 19.6 Å². The Balaban J connectivity index is 2.75. The van der Waals surface area contributed by atoms with Gasteiger partial charge in [0.1, 0.15) is 6.54 Å². The Morgan fingerprint density at radius 1 is 1.40 bits per heavy atom. The van der Waals surface area contributed by atoms with Crippen molar-refractivity contribution in [3.05, 3.63) is 0 Å². The van der Waals surface area contributed by atoms with E-state index in [0.29, 0.717) is 32.4 Å². The summed E-state index contributed by atoms with van der Waals surface area (Å²) >= 11 is 0. The first-order chi connectivity index (χ1) is 9.25. The van der Waals surface area contributed by atoms with E-state index < -0.39 is 21.9 Å². The van der Waals surface area contributed by atoms with Gasteiger partial charge in [0.25, 0.3) is 0 Å². The number of aliphatic carboxylic acids is 1.